The van der Waals surface area contributed by atoms with E-state index in [0.29, 0.717) is 25.6 Å². The van der Waals surface area contributed by atoms with Crippen LogP contribution in [0.2, 0.25) is 0 Å². The molecule has 0 saturated heterocycles. The van der Waals surface area contributed by atoms with Crippen LogP contribution in [0, 0.1) is 5.92 Å². The molecule has 0 radical (unpaired) electrons. The van der Waals surface area contributed by atoms with Gasteiger partial charge in [0.2, 0.25) is 5.91 Å². The molecule has 0 aliphatic rings. The lowest BCUT2D eigenvalue weighted by atomic mass is 10.1. The number of nitrogens with one attached hydrogen (secondary N) is 1. The molecule has 1 rings (SSSR count). The second-order valence-electron chi connectivity index (χ2n) is 6.11. The van der Waals surface area contributed by atoms with Crippen LogP contribution in [0.25, 0.3) is 0 Å². The number of anilines is 1. The van der Waals surface area contributed by atoms with Crippen LogP contribution < -0.4 is 5.32 Å². The Morgan fingerprint density at radius 2 is 2.16 bits per heavy atom. The Kier molecular flexibility index (Phi) is 5.54. The normalized spacial score (nSPS) is 11.9. The highest BCUT2D eigenvalue weighted by Crippen LogP contribution is 2.15. The SMILES string of the molecule is CC(C)COCCC(=O)Nc1cnn(C(C)(C)C)c1. The zero-order valence-corrected chi connectivity index (χ0v) is 12.6. The molecular weight excluding hydrogens is 242 g/mol. The predicted molar refractivity (Wildman–Crippen MR) is 76.1 cm³/mol. The quantitative estimate of drug-likeness (QED) is 0.806. The molecule has 0 saturated carbocycles. The lowest BCUT2D eigenvalue weighted by Gasteiger charge is -2.18. The van der Waals surface area contributed by atoms with Crippen molar-refractivity contribution < 1.29 is 9.53 Å². The number of nitrogens with zero attached hydrogens (tertiary/aromatic N) is 2. The topological polar surface area (TPSA) is 56.1 Å². The Labute approximate surface area is 115 Å². The molecule has 0 aliphatic carbocycles. The van der Waals surface area contributed by atoms with Crippen LogP contribution >= 0.6 is 0 Å². The van der Waals surface area contributed by atoms with E-state index < -0.39 is 0 Å². The molecule has 19 heavy (non-hydrogen) atoms. The predicted octanol–water partition coefficient (Wildman–Crippen LogP) is 2.64. The maximum Gasteiger partial charge on any atom is 0.226 e. The summed E-state index contributed by atoms with van der Waals surface area (Å²) in [6.45, 7) is 11.5. The van der Waals surface area contributed by atoms with Gasteiger partial charge in [-0.1, -0.05) is 13.8 Å². The molecule has 0 unspecified atom stereocenters. The van der Waals surface area contributed by atoms with Crippen molar-refractivity contribution in [3.63, 3.8) is 0 Å². The fourth-order valence-electron chi connectivity index (χ4n) is 1.46. The van der Waals surface area contributed by atoms with Gasteiger partial charge in [-0.25, -0.2) is 0 Å². The maximum absolute atomic E-state index is 11.7. The molecule has 1 heterocycles. The molecule has 1 N–H and O–H groups in total. The standard InChI is InChI=1S/C14H25N3O2/c1-11(2)10-19-7-6-13(18)16-12-8-15-17(9-12)14(3,4)5/h8-9,11H,6-7,10H2,1-5H3,(H,16,18). The van der Waals surface area contributed by atoms with Crippen molar-refractivity contribution in [1.29, 1.82) is 0 Å². The molecule has 0 fully saturated rings. The van der Waals surface area contributed by atoms with E-state index in [1.54, 1.807) is 6.20 Å². The first kappa shape index (κ1) is 15.7. The van der Waals surface area contributed by atoms with Gasteiger partial charge in [0.05, 0.1) is 30.5 Å². The monoisotopic (exact) mass is 267 g/mol. The minimum atomic E-state index is -0.0800. The van der Waals surface area contributed by atoms with E-state index in [9.17, 15) is 4.79 Å². The molecule has 5 nitrogen and oxygen atoms in total. The van der Waals surface area contributed by atoms with Gasteiger partial charge in [0.25, 0.3) is 0 Å². The van der Waals surface area contributed by atoms with Crippen LogP contribution in [-0.2, 0) is 15.1 Å². The summed E-state index contributed by atoms with van der Waals surface area (Å²) in [5.74, 6) is 0.449. The number of hydrogen-bond acceptors (Lipinski definition) is 3. The van der Waals surface area contributed by atoms with Gasteiger partial charge in [0, 0.05) is 12.8 Å². The summed E-state index contributed by atoms with van der Waals surface area (Å²) in [4.78, 5) is 11.7. The Morgan fingerprint density at radius 3 is 2.68 bits per heavy atom. The second-order valence-corrected chi connectivity index (χ2v) is 6.11. The van der Waals surface area contributed by atoms with Crippen LogP contribution in [0.3, 0.4) is 0 Å². The minimum absolute atomic E-state index is 0.0442. The smallest absolute Gasteiger partial charge is 0.226 e. The number of carbonyl (C=O) groups is 1. The Bertz CT molecular complexity index is 405. The summed E-state index contributed by atoms with van der Waals surface area (Å²) >= 11 is 0. The largest absolute Gasteiger partial charge is 0.381 e. The molecule has 1 aromatic heterocycles. The van der Waals surface area contributed by atoms with E-state index in [0.717, 1.165) is 5.69 Å². The van der Waals surface area contributed by atoms with Gasteiger partial charge in [-0.05, 0) is 26.7 Å². The summed E-state index contributed by atoms with van der Waals surface area (Å²) < 4.78 is 7.21. The zero-order chi connectivity index (χ0) is 14.5. The summed E-state index contributed by atoms with van der Waals surface area (Å²) in [7, 11) is 0. The molecule has 1 aromatic rings. The lowest BCUT2D eigenvalue weighted by molar-refractivity contribution is -0.117. The molecule has 108 valence electrons. The van der Waals surface area contributed by atoms with Crippen molar-refractivity contribution in [2.45, 2.75) is 46.6 Å². The van der Waals surface area contributed by atoms with Gasteiger partial charge in [-0.15, -0.1) is 0 Å². The summed E-state index contributed by atoms with van der Waals surface area (Å²) in [6, 6.07) is 0. The number of aromatic nitrogens is 2. The van der Waals surface area contributed by atoms with Crippen molar-refractivity contribution in [1.82, 2.24) is 9.78 Å². The third-order valence-electron chi connectivity index (χ3n) is 2.48. The van der Waals surface area contributed by atoms with E-state index >= 15 is 0 Å². The van der Waals surface area contributed by atoms with Crippen molar-refractivity contribution in [3.05, 3.63) is 12.4 Å². The first-order valence-corrected chi connectivity index (χ1v) is 6.72. The number of rotatable bonds is 6. The van der Waals surface area contributed by atoms with E-state index in [-0.39, 0.29) is 11.4 Å². The van der Waals surface area contributed by atoms with Crippen molar-refractivity contribution in [2.24, 2.45) is 5.92 Å². The van der Waals surface area contributed by atoms with Crippen LogP contribution in [0.5, 0.6) is 0 Å². The number of ether oxygens (including phenoxy) is 1. The molecule has 0 atom stereocenters. The van der Waals surface area contributed by atoms with Crippen LogP contribution in [0.15, 0.2) is 12.4 Å². The minimum Gasteiger partial charge on any atom is -0.381 e. The Balaban J connectivity index is 2.34. The van der Waals surface area contributed by atoms with Crippen molar-refractivity contribution in [2.75, 3.05) is 18.5 Å². The van der Waals surface area contributed by atoms with Gasteiger partial charge >= 0.3 is 0 Å². The van der Waals surface area contributed by atoms with E-state index in [4.69, 9.17) is 4.74 Å². The fourth-order valence-corrected chi connectivity index (χ4v) is 1.46. The third-order valence-corrected chi connectivity index (χ3v) is 2.48. The average Bonchev–Trinajstić information content (AvgIpc) is 2.72. The molecule has 1 amide bonds. The number of carbonyl (C=O) groups excluding carboxylic acids is 1. The molecule has 0 aromatic carbocycles. The highest BCUT2D eigenvalue weighted by Gasteiger charge is 2.14. The van der Waals surface area contributed by atoms with Crippen LogP contribution in [-0.4, -0.2) is 28.9 Å². The van der Waals surface area contributed by atoms with Gasteiger partial charge in [0.15, 0.2) is 0 Å². The maximum atomic E-state index is 11.7. The van der Waals surface area contributed by atoms with E-state index in [1.807, 2.05) is 10.9 Å². The molecule has 0 bridgehead atoms. The van der Waals surface area contributed by atoms with Crippen molar-refractivity contribution >= 4 is 11.6 Å². The van der Waals surface area contributed by atoms with E-state index in [2.05, 4.69) is 45.0 Å². The summed E-state index contributed by atoms with van der Waals surface area (Å²) in [5, 5.41) is 7.05. The molecular formula is C14H25N3O2. The van der Waals surface area contributed by atoms with Gasteiger partial charge in [-0.3, -0.25) is 9.48 Å². The first-order chi connectivity index (χ1) is 8.79. The molecule has 5 heteroatoms. The van der Waals surface area contributed by atoms with Gasteiger partial charge in [-0.2, -0.15) is 5.10 Å². The summed E-state index contributed by atoms with van der Waals surface area (Å²) in [6.07, 6.45) is 3.87. The number of hydrogen-bond donors (Lipinski definition) is 1. The van der Waals surface area contributed by atoms with Gasteiger partial charge in [0.1, 0.15) is 0 Å². The average molecular weight is 267 g/mol. The number of amides is 1. The summed E-state index contributed by atoms with van der Waals surface area (Å²) in [5.41, 5.74) is 0.646. The van der Waals surface area contributed by atoms with E-state index in [1.165, 1.54) is 0 Å². The Hall–Kier alpha value is -1.36. The fraction of sp³-hybridized carbons (Fsp3) is 0.714. The molecule has 0 aliphatic heterocycles. The molecule has 0 spiro atoms. The Morgan fingerprint density at radius 1 is 1.47 bits per heavy atom. The highest BCUT2D eigenvalue weighted by molar-refractivity contribution is 5.90. The van der Waals surface area contributed by atoms with Crippen LogP contribution in [0.4, 0.5) is 5.69 Å². The zero-order valence-electron chi connectivity index (χ0n) is 12.6. The lowest BCUT2D eigenvalue weighted by Crippen LogP contribution is -2.22. The third kappa shape index (κ3) is 5.87. The van der Waals surface area contributed by atoms with Gasteiger partial charge < -0.3 is 10.1 Å². The highest BCUT2D eigenvalue weighted by atomic mass is 16.5. The second kappa shape index (κ2) is 6.70. The van der Waals surface area contributed by atoms with Crippen molar-refractivity contribution in [3.8, 4) is 0 Å². The first-order valence-electron chi connectivity index (χ1n) is 6.72. The van der Waals surface area contributed by atoms with Crippen LogP contribution in [0.1, 0.15) is 41.0 Å².